The van der Waals surface area contributed by atoms with E-state index in [0.29, 0.717) is 16.5 Å². The van der Waals surface area contributed by atoms with Gasteiger partial charge in [-0.05, 0) is 44.2 Å². The van der Waals surface area contributed by atoms with E-state index in [1.807, 2.05) is 31.9 Å². The molecule has 0 aliphatic heterocycles. The van der Waals surface area contributed by atoms with Gasteiger partial charge < -0.3 is 10.4 Å². The summed E-state index contributed by atoms with van der Waals surface area (Å²) in [5.41, 5.74) is 1.81. The van der Waals surface area contributed by atoms with Gasteiger partial charge in [0.1, 0.15) is 0 Å². The maximum atomic E-state index is 11.9. The Morgan fingerprint density at radius 2 is 2.14 bits per heavy atom. The van der Waals surface area contributed by atoms with Crippen LogP contribution in [-0.4, -0.2) is 41.7 Å². The maximum absolute atomic E-state index is 11.9. The van der Waals surface area contributed by atoms with Crippen LogP contribution in [0.1, 0.15) is 31.0 Å². The van der Waals surface area contributed by atoms with E-state index in [0.717, 1.165) is 11.1 Å². The molecule has 1 aromatic carbocycles. The second kappa shape index (κ2) is 6.53. The molecule has 1 aliphatic carbocycles. The lowest BCUT2D eigenvalue weighted by atomic mass is 10.1. The first-order valence-electron chi connectivity index (χ1n) is 6.95. The monoisotopic (exact) mass is 330 g/mol. The lowest BCUT2D eigenvalue weighted by molar-refractivity contribution is -0.123. The molecule has 0 aromatic heterocycles. The first-order chi connectivity index (χ1) is 9.79. The van der Waals surface area contributed by atoms with E-state index in [1.165, 1.54) is 0 Å². The summed E-state index contributed by atoms with van der Waals surface area (Å²) in [6.07, 6.45) is -0.112. The molecule has 0 spiro atoms. The van der Waals surface area contributed by atoms with Crippen molar-refractivity contribution >= 4 is 29.1 Å². The van der Waals surface area contributed by atoms with Gasteiger partial charge in [-0.2, -0.15) is 0 Å². The fourth-order valence-corrected chi connectivity index (χ4v) is 3.44. The molecule has 0 fully saturated rings. The molecule has 2 atom stereocenters. The Morgan fingerprint density at radius 1 is 1.48 bits per heavy atom. The molecule has 6 heteroatoms. The summed E-state index contributed by atoms with van der Waals surface area (Å²) in [7, 11) is 1.82. The molecule has 1 aromatic rings. The highest BCUT2D eigenvalue weighted by Gasteiger charge is 2.36. The van der Waals surface area contributed by atoms with Crippen molar-refractivity contribution in [3.8, 4) is 0 Å². The van der Waals surface area contributed by atoms with Crippen molar-refractivity contribution in [2.45, 2.75) is 38.5 Å². The molecule has 0 unspecified atom stereocenters. The molecule has 1 amide bonds. The molecule has 0 heterocycles. The predicted molar refractivity (Wildman–Crippen MR) is 84.8 cm³/mol. The molecule has 0 radical (unpaired) electrons. The van der Waals surface area contributed by atoms with Crippen LogP contribution in [0.3, 0.4) is 0 Å². The van der Waals surface area contributed by atoms with Gasteiger partial charge in [-0.15, -0.1) is 0 Å². The fraction of sp³-hybridized carbons (Fsp3) is 0.533. The third-order valence-electron chi connectivity index (χ3n) is 3.61. The number of fused-ring (bicyclic) bond motifs is 1. The van der Waals surface area contributed by atoms with Crippen LogP contribution in [0.2, 0.25) is 10.0 Å². The van der Waals surface area contributed by atoms with Crippen molar-refractivity contribution in [1.29, 1.82) is 0 Å². The molecule has 116 valence electrons. The third-order valence-corrected chi connectivity index (χ3v) is 4.16. The van der Waals surface area contributed by atoms with E-state index in [-0.39, 0.29) is 24.5 Å². The van der Waals surface area contributed by atoms with E-state index in [2.05, 4.69) is 5.32 Å². The van der Waals surface area contributed by atoms with Crippen LogP contribution in [0.15, 0.2) is 12.1 Å². The van der Waals surface area contributed by atoms with Crippen molar-refractivity contribution in [3.05, 3.63) is 33.3 Å². The van der Waals surface area contributed by atoms with Crippen LogP contribution in [-0.2, 0) is 11.2 Å². The SMILES string of the molecule is CC(C)NC(=O)CN(C)[C@H]1c2cc(Cl)cc(Cl)c2C[C@H]1O. The number of benzene rings is 1. The summed E-state index contributed by atoms with van der Waals surface area (Å²) in [6, 6.07) is 3.33. The van der Waals surface area contributed by atoms with Crippen LogP contribution in [0.5, 0.6) is 0 Å². The maximum Gasteiger partial charge on any atom is 0.234 e. The van der Waals surface area contributed by atoms with Gasteiger partial charge in [0.25, 0.3) is 0 Å². The van der Waals surface area contributed by atoms with Crippen LogP contribution in [0.4, 0.5) is 0 Å². The summed E-state index contributed by atoms with van der Waals surface area (Å²) < 4.78 is 0. The van der Waals surface area contributed by atoms with Crippen molar-refractivity contribution in [3.63, 3.8) is 0 Å². The number of likely N-dealkylation sites (N-methyl/N-ethyl adjacent to an activating group) is 1. The van der Waals surface area contributed by atoms with Gasteiger partial charge in [0.2, 0.25) is 5.91 Å². The number of nitrogens with zero attached hydrogens (tertiary/aromatic N) is 1. The Bertz CT molecular complexity index is 549. The minimum atomic E-state index is -0.590. The van der Waals surface area contributed by atoms with Gasteiger partial charge in [-0.25, -0.2) is 0 Å². The highest BCUT2D eigenvalue weighted by atomic mass is 35.5. The Hall–Kier alpha value is -0.810. The highest BCUT2D eigenvalue weighted by Crippen LogP contribution is 2.40. The van der Waals surface area contributed by atoms with Crippen LogP contribution in [0, 0.1) is 0 Å². The van der Waals surface area contributed by atoms with E-state index in [1.54, 1.807) is 6.07 Å². The molecule has 21 heavy (non-hydrogen) atoms. The molecule has 0 saturated carbocycles. The minimum absolute atomic E-state index is 0.0683. The zero-order valence-electron chi connectivity index (χ0n) is 12.4. The van der Waals surface area contributed by atoms with Gasteiger partial charge in [-0.1, -0.05) is 23.2 Å². The number of aliphatic hydroxyl groups excluding tert-OH is 1. The first-order valence-corrected chi connectivity index (χ1v) is 7.70. The largest absolute Gasteiger partial charge is 0.391 e. The number of halogens is 2. The second-order valence-electron chi connectivity index (χ2n) is 5.81. The van der Waals surface area contributed by atoms with Gasteiger partial charge in [0.05, 0.1) is 18.7 Å². The molecular formula is C15H20Cl2N2O2. The first kappa shape index (κ1) is 16.6. The molecule has 2 N–H and O–H groups in total. The van der Waals surface area contributed by atoms with E-state index in [9.17, 15) is 9.90 Å². The van der Waals surface area contributed by atoms with E-state index >= 15 is 0 Å². The molecule has 2 rings (SSSR count). The number of nitrogens with one attached hydrogen (secondary N) is 1. The number of rotatable bonds is 4. The quantitative estimate of drug-likeness (QED) is 0.891. The Morgan fingerprint density at radius 3 is 2.76 bits per heavy atom. The topological polar surface area (TPSA) is 52.6 Å². The van der Waals surface area contributed by atoms with Crippen LogP contribution >= 0.6 is 23.2 Å². The summed E-state index contributed by atoms with van der Waals surface area (Å²) in [5.74, 6) is -0.0683. The number of carbonyl (C=O) groups is 1. The van der Waals surface area contributed by atoms with Crippen molar-refractivity contribution < 1.29 is 9.90 Å². The van der Waals surface area contributed by atoms with Gasteiger partial charge in [0.15, 0.2) is 0 Å². The average molecular weight is 331 g/mol. The standard InChI is InChI=1S/C15H20Cl2N2O2/c1-8(2)18-14(21)7-19(3)15-11-4-9(16)5-12(17)10(11)6-13(15)20/h4-5,8,13,15,20H,6-7H2,1-3H3,(H,18,21)/t13-,15+/m1/s1. The number of hydrogen-bond donors (Lipinski definition) is 2. The summed E-state index contributed by atoms with van der Waals surface area (Å²) in [4.78, 5) is 13.7. The molecule has 1 aliphatic rings. The van der Waals surface area contributed by atoms with Gasteiger partial charge in [-0.3, -0.25) is 9.69 Å². The average Bonchev–Trinajstić information content (AvgIpc) is 2.64. The number of carbonyl (C=O) groups excluding carboxylic acids is 1. The zero-order chi connectivity index (χ0) is 15.7. The minimum Gasteiger partial charge on any atom is -0.391 e. The number of amides is 1. The lowest BCUT2D eigenvalue weighted by Crippen LogP contribution is -2.41. The Balaban J connectivity index is 2.20. The summed E-state index contributed by atoms with van der Waals surface area (Å²) >= 11 is 12.2. The Kier molecular flexibility index (Phi) is 5.15. The zero-order valence-corrected chi connectivity index (χ0v) is 13.9. The van der Waals surface area contributed by atoms with Crippen molar-refractivity contribution in [2.75, 3.05) is 13.6 Å². The molecular weight excluding hydrogens is 311 g/mol. The molecule has 0 bridgehead atoms. The van der Waals surface area contributed by atoms with Crippen molar-refractivity contribution in [2.24, 2.45) is 0 Å². The summed E-state index contributed by atoms with van der Waals surface area (Å²) in [6.45, 7) is 4.04. The predicted octanol–water partition coefficient (Wildman–Crippen LogP) is 2.41. The van der Waals surface area contributed by atoms with Crippen LogP contribution < -0.4 is 5.32 Å². The fourth-order valence-electron chi connectivity index (χ4n) is 2.85. The highest BCUT2D eigenvalue weighted by molar-refractivity contribution is 6.35. The Labute approximate surface area is 135 Å². The normalized spacial score (nSPS) is 21.0. The van der Waals surface area contributed by atoms with Gasteiger partial charge >= 0.3 is 0 Å². The lowest BCUT2D eigenvalue weighted by Gasteiger charge is -2.27. The van der Waals surface area contributed by atoms with Gasteiger partial charge in [0, 0.05) is 22.5 Å². The number of aliphatic hydroxyl groups is 1. The van der Waals surface area contributed by atoms with Crippen LogP contribution in [0.25, 0.3) is 0 Å². The smallest absolute Gasteiger partial charge is 0.234 e. The molecule has 0 saturated heterocycles. The second-order valence-corrected chi connectivity index (χ2v) is 6.65. The number of hydrogen-bond acceptors (Lipinski definition) is 3. The third kappa shape index (κ3) is 3.69. The summed E-state index contributed by atoms with van der Waals surface area (Å²) in [5, 5.41) is 14.3. The van der Waals surface area contributed by atoms with E-state index < -0.39 is 6.10 Å². The van der Waals surface area contributed by atoms with E-state index in [4.69, 9.17) is 23.2 Å². The molecule has 4 nitrogen and oxygen atoms in total. The van der Waals surface area contributed by atoms with Crippen molar-refractivity contribution in [1.82, 2.24) is 10.2 Å².